The number of hydrogen-bond acceptors (Lipinski definition) is 2. The summed E-state index contributed by atoms with van der Waals surface area (Å²) in [6, 6.07) is 5.54. The molecule has 3 nitrogen and oxygen atoms in total. The molecule has 1 aromatic carbocycles. The number of halogens is 1. The van der Waals surface area contributed by atoms with Crippen molar-refractivity contribution in [1.29, 1.82) is 0 Å². The Morgan fingerprint density at radius 2 is 2.00 bits per heavy atom. The summed E-state index contributed by atoms with van der Waals surface area (Å²) < 4.78 is 0.817. The van der Waals surface area contributed by atoms with E-state index in [2.05, 4.69) is 36.7 Å². The molecule has 0 radical (unpaired) electrons. The van der Waals surface area contributed by atoms with Crippen molar-refractivity contribution in [2.24, 2.45) is 5.92 Å². The van der Waals surface area contributed by atoms with E-state index in [-0.39, 0.29) is 11.9 Å². The molecule has 0 fully saturated rings. The maximum atomic E-state index is 12.3. The molecule has 1 unspecified atom stereocenters. The molecule has 0 aliphatic rings. The van der Waals surface area contributed by atoms with Gasteiger partial charge in [0.2, 0.25) is 0 Å². The SMILES string of the molecule is CC(C)CC(C)N(C)C(=O)c1ccc(Br)c(N)c1. The van der Waals surface area contributed by atoms with E-state index >= 15 is 0 Å². The van der Waals surface area contributed by atoms with Gasteiger partial charge in [-0.1, -0.05) is 13.8 Å². The highest BCUT2D eigenvalue weighted by atomic mass is 79.9. The molecule has 100 valence electrons. The van der Waals surface area contributed by atoms with Crippen molar-refractivity contribution < 1.29 is 4.79 Å². The van der Waals surface area contributed by atoms with Gasteiger partial charge in [-0.05, 0) is 53.4 Å². The highest BCUT2D eigenvalue weighted by Gasteiger charge is 2.18. The monoisotopic (exact) mass is 312 g/mol. The molecule has 0 bridgehead atoms. The van der Waals surface area contributed by atoms with Crippen LogP contribution < -0.4 is 5.73 Å². The number of carbonyl (C=O) groups excluding carboxylic acids is 1. The average Bonchev–Trinajstić information content (AvgIpc) is 2.30. The van der Waals surface area contributed by atoms with Gasteiger partial charge in [-0.25, -0.2) is 0 Å². The highest BCUT2D eigenvalue weighted by molar-refractivity contribution is 9.10. The van der Waals surface area contributed by atoms with Crippen molar-refractivity contribution in [3.05, 3.63) is 28.2 Å². The molecule has 0 saturated heterocycles. The topological polar surface area (TPSA) is 46.3 Å². The number of nitrogen functional groups attached to an aromatic ring is 1. The van der Waals surface area contributed by atoms with Crippen LogP contribution in [0.5, 0.6) is 0 Å². The summed E-state index contributed by atoms with van der Waals surface area (Å²) in [5.74, 6) is 0.590. The molecule has 1 rings (SSSR count). The van der Waals surface area contributed by atoms with Gasteiger partial charge in [0.15, 0.2) is 0 Å². The van der Waals surface area contributed by atoms with Gasteiger partial charge in [-0.3, -0.25) is 4.79 Å². The van der Waals surface area contributed by atoms with Crippen LogP contribution in [0.25, 0.3) is 0 Å². The predicted molar refractivity (Wildman–Crippen MR) is 79.6 cm³/mol. The quantitative estimate of drug-likeness (QED) is 0.864. The zero-order chi connectivity index (χ0) is 13.9. The van der Waals surface area contributed by atoms with E-state index < -0.39 is 0 Å². The number of benzene rings is 1. The van der Waals surface area contributed by atoms with Crippen LogP contribution in [0.2, 0.25) is 0 Å². The van der Waals surface area contributed by atoms with E-state index in [4.69, 9.17) is 5.73 Å². The first-order valence-electron chi connectivity index (χ1n) is 6.15. The summed E-state index contributed by atoms with van der Waals surface area (Å²) >= 11 is 3.33. The second-order valence-corrected chi connectivity index (χ2v) is 5.99. The van der Waals surface area contributed by atoms with Crippen molar-refractivity contribution in [2.45, 2.75) is 33.2 Å². The Morgan fingerprint density at radius 3 is 2.50 bits per heavy atom. The third kappa shape index (κ3) is 3.73. The molecule has 1 atom stereocenters. The van der Waals surface area contributed by atoms with E-state index in [1.807, 2.05) is 13.1 Å². The van der Waals surface area contributed by atoms with Crippen molar-refractivity contribution in [1.82, 2.24) is 4.90 Å². The lowest BCUT2D eigenvalue weighted by Gasteiger charge is -2.26. The zero-order valence-electron chi connectivity index (χ0n) is 11.4. The van der Waals surface area contributed by atoms with Crippen LogP contribution in [0, 0.1) is 5.92 Å². The molecule has 0 aromatic heterocycles. The number of carbonyl (C=O) groups is 1. The van der Waals surface area contributed by atoms with E-state index in [0.717, 1.165) is 10.9 Å². The van der Waals surface area contributed by atoms with Crippen LogP contribution in [0.4, 0.5) is 5.69 Å². The van der Waals surface area contributed by atoms with Crippen molar-refractivity contribution in [3.63, 3.8) is 0 Å². The number of rotatable bonds is 4. The second-order valence-electron chi connectivity index (χ2n) is 5.13. The maximum absolute atomic E-state index is 12.3. The fraction of sp³-hybridized carbons (Fsp3) is 0.500. The van der Waals surface area contributed by atoms with Gasteiger partial charge < -0.3 is 10.6 Å². The Balaban J connectivity index is 2.82. The van der Waals surface area contributed by atoms with Crippen LogP contribution in [-0.4, -0.2) is 23.9 Å². The molecular formula is C14H21BrN2O. The molecule has 0 spiro atoms. The van der Waals surface area contributed by atoms with Gasteiger partial charge in [0.25, 0.3) is 5.91 Å². The Kier molecular flexibility index (Phi) is 5.20. The molecule has 1 aromatic rings. The van der Waals surface area contributed by atoms with E-state index in [1.54, 1.807) is 17.0 Å². The average molecular weight is 313 g/mol. The molecule has 0 aliphatic heterocycles. The van der Waals surface area contributed by atoms with E-state index in [1.165, 1.54) is 0 Å². The lowest BCUT2D eigenvalue weighted by atomic mass is 10.0. The summed E-state index contributed by atoms with van der Waals surface area (Å²) in [7, 11) is 1.84. The number of hydrogen-bond donors (Lipinski definition) is 1. The Hall–Kier alpha value is -1.03. The van der Waals surface area contributed by atoms with Gasteiger partial charge in [0.05, 0.1) is 0 Å². The first-order valence-corrected chi connectivity index (χ1v) is 6.94. The first-order chi connectivity index (χ1) is 8.32. The van der Waals surface area contributed by atoms with Gasteiger partial charge >= 0.3 is 0 Å². The Bertz CT molecular complexity index is 432. The lowest BCUT2D eigenvalue weighted by Crippen LogP contribution is -2.35. The van der Waals surface area contributed by atoms with Crippen molar-refractivity contribution in [2.75, 3.05) is 12.8 Å². The van der Waals surface area contributed by atoms with Crippen LogP contribution in [0.1, 0.15) is 37.6 Å². The van der Waals surface area contributed by atoms with Crippen LogP contribution >= 0.6 is 15.9 Å². The Morgan fingerprint density at radius 1 is 1.39 bits per heavy atom. The summed E-state index contributed by atoms with van der Waals surface area (Å²) in [5, 5.41) is 0. The first kappa shape index (κ1) is 15.0. The summed E-state index contributed by atoms with van der Waals surface area (Å²) in [4.78, 5) is 14.1. The number of nitrogens with zero attached hydrogens (tertiary/aromatic N) is 1. The van der Waals surface area contributed by atoms with Crippen molar-refractivity contribution in [3.8, 4) is 0 Å². The molecule has 0 aliphatic carbocycles. The molecule has 2 N–H and O–H groups in total. The lowest BCUT2D eigenvalue weighted by molar-refractivity contribution is 0.0728. The van der Waals surface area contributed by atoms with Crippen LogP contribution in [0.15, 0.2) is 22.7 Å². The standard InChI is InChI=1S/C14H21BrN2O/c1-9(2)7-10(3)17(4)14(18)11-5-6-12(15)13(16)8-11/h5-6,8-10H,7,16H2,1-4H3. The summed E-state index contributed by atoms with van der Waals surface area (Å²) in [6.45, 7) is 6.39. The third-order valence-corrected chi connectivity index (χ3v) is 3.76. The minimum absolute atomic E-state index is 0.0161. The summed E-state index contributed by atoms with van der Waals surface area (Å²) in [6.07, 6.45) is 0.994. The normalized spacial score (nSPS) is 12.6. The van der Waals surface area contributed by atoms with Gasteiger partial charge in [0.1, 0.15) is 0 Å². The maximum Gasteiger partial charge on any atom is 0.253 e. The smallest absolute Gasteiger partial charge is 0.253 e. The van der Waals surface area contributed by atoms with Gasteiger partial charge in [-0.15, -0.1) is 0 Å². The van der Waals surface area contributed by atoms with E-state index in [9.17, 15) is 4.79 Å². The van der Waals surface area contributed by atoms with Crippen molar-refractivity contribution >= 4 is 27.5 Å². The summed E-state index contributed by atoms with van der Waals surface area (Å²) in [5.41, 5.74) is 7.02. The van der Waals surface area contributed by atoms with Crippen LogP contribution in [-0.2, 0) is 0 Å². The molecular weight excluding hydrogens is 292 g/mol. The fourth-order valence-corrected chi connectivity index (χ4v) is 2.17. The molecule has 18 heavy (non-hydrogen) atoms. The minimum atomic E-state index is 0.0161. The number of anilines is 1. The van der Waals surface area contributed by atoms with Gasteiger partial charge in [-0.2, -0.15) is 0 Å². The largest absolute Gasteiger partial charge is 0.398 e. The van der Waals surface area contributed by atoms with Gasteiger partial charge in [0, 0.05) is 28.8 Å². The number of amides is 1. The second kappa shape index (κ2) is 6.23. The molecule has 1 amide bonds. The third-order valence-electron chi connectivity index (χ3n) is 3.04. The highest BCUT2D eigenvalue weighted by Crippen LogP contribution is 2.21. The molecule has 0 heterocycles. The minimum Gasteiger partial charge on any atom is -0.398 e. The predicted octanol–water partition coefficient (Wildman–Crippen LogP) is 3.54. The molecule has 0 saturated carbocycles. The molecule has 4 heteroatoms. The van der Waals surface area contributed by atoms with E-state index in [0.29, 0.717) is 17.2 Å². The van der Waals surface area contributed by atoms with Crippen LogP contribution in [0.3, 0.4) is 0 Å². The number of nitrogens with two attached hydrogens (primary N) is 1. The fourth-order valence-electron chi connectivity index (χ4n) is 1.92. The zero-order valence-corrected chi connectivity index (χ0v) is 13.0. The Labute approximate surface area is 117 Å².